The Morgan fingerprint density at radius 2 is 0.785 bits per heavy atom. The van der Waals surface area contributed by atoms with Crippen molar-refractivity contribution in [2.75, 3.05) is 63.7 Å². The van der Waals surface area contributed by atoms with Gasteiger partial charge >= 0.3 is 17.9 Å². The first-order valence-electron chi connectivity index (χ1n) is 27.2. The van der Waals surface area contributed by atoms with Gasteiger partial charge in [0.1, 0.15) is 11.4 Å². The molecule has 378 valence electrons. The molecule has 11 heteroatoms. The third-order valence-corrected chi connectivity index (χ3v) is 12.9. The molecule has 0 spiro atoms. The van der Waals surface area contributed by atoms with Crippen LogP contribution in [0.25, 0.3) is 0 Å². The normalized spacial score (nSPS) is 11.6. The fraction of sp³-hybridized carbons (Fsp3) is 0.870. The van der Waals surface area contributed by atoms with Crippen molar-refractivity contribution in [3.63, 3.8) is 0 Å². The summed E-state index contributed by atoms with van der Waals surface area (Å²) in [6, 6.07) is 0. The lowest BCUT2D eigenvalue weighted by Gasteiger charge is -2.23. The molecule has 0 amide bonds. The van der Waals surface area contributed by atoms with Crippen LogP contribution in [-0.4, -0.2) is 75.9 Å². The van der Waals surface area contributed by atoms with Gasteiger partial charge in [0.25, 0.3) is 10.9 Å². The number of ether oxygens (including phenoxy) is 3. The number of hydrogen-bond donors (Lipinski definition) is 2. The second-order valence-corrected chi connectivity index (χ2v) is 18.7. The molecule has 0 bridgehead atoms. The highest BCUT2D eigenvalue weighted by Gasteiger charge is 2.29. The summed E-state index contributed by atoms with van der Waals surface area (Å²) in [5.41, 5.74) is -0.161. The second-order valence-electron chi connectivity index (χ2n) is 18.7. The Bertz CT molecular complexity index is 1340. The standard InChI is InChI=1S/C54H99N3O8/c1-6-10-14-18-21-27-36-46(37-28-22-19-15-11-7-2)52(60)63-43-34-26-20-24-30-40-57(42-35-39-56-49-48(55-5)50(58)51(49)59)41-31-25-23-29-38-47(53(61)64-44-32-16-12-8-3)54(62)65-45-33-17-13-9-4/h46-47,55-56H,6-45H2,1-5H3. The van der Waals surface area contributed by atoms with Gasteiger partial charge in [-0.3, -0.25) is 24.0 Å². The van der Waals surface area contributed by atoms with Crippen molar-refractivity contribution in [2.24, 2.45) is 11.8 Å². The predicted octanol–water partition coefficient (Wildman–Crippen LogP) is 12.9. The Hall–Kier alpha value is -2.95. The molecule has 0 heterocycles. The van der Waals surface area contributed by atoms with E-state index in [2.05, 4.69) is 43.2 Å². The third-order valence-electron chi connectivity index (χ3n) is 12.9. The van der Waals surface area contributed by atoms with Crippen LogP contribution in [0.3, 0.4) is 0 Å². The van der Waals surface area contributed by atoms with E-state index in [1.165, 1.54) is 64.2 Å². The molecule has 11 nitrogen and oxygen atoms in total. The third kappa shape index (κ3) is 30.1. The Morgan fingerprint density at radius 3 is 1.25 bits per heavy atom. The molecule has 1 rings (SSSR count). The molecule has 0 aromatic heterocycles. The molecule has 0 atom stereocenters. The zero-order chi connectivity index (χ0) is 47.6. The van der Waals surface area contributed by atoms with E-state index in [1.54, 1.807) is 7.05 Å². The number of carbonyl (C=O) groups is 3. The van der Waals surface area contributed by atoms with Gasteiger partial charge in [-0.05, 0) is 77.4 Å². The maximum Gasteiger partial charge on any atom is 0.320 e. The molecular formula is C54H99N3O8. The van der Waals surface area contributed by atoms with Crippen molar-refractivity contribution >= 4 is 29.3 Å². The number of rotatable bonds is 48. The highest BCUT2D eigenvalue weighted by molar-refractivity contribution is 5.94. The highest BCUT2D eigenvalue weighted by Crippen LogP contribution is 2.22. The zero-order valence-electron chi connectivity index (χ0n) is 42.7. The van der Waals surface area contributed by atoms with Crippen molar-refractivity contribution in [3.8, 4) is 0 Å². The first-order valence-corrected chi connectivity index (χ1v) is 27.2. The number of hydrogen-bond acceptors (Lipinski definition) is 11. The van der Waals surface area contributed by atoms with Crippen molar-refractivity contribution in [3.05, 3.63) is 20.4 Å². The number of nitrogens with one attached hydrogen (secondary N) is 2. The maximum absolute atomic E-state index is 13.2. The second kappa shape index (κ2) is 42.4. The summed E-state index contributed by atoms with van der Waals surface area (Å²) in [5.74, 6) is -1.68. The van der Waals surface area contributed by atoms with Crippen LogP contribution in [0, 0.1) is 11.8 Å². The van der Waals surface area contributed by atoms with Crippen LogP contribution >= 0.6 is 0 Å². The van der Waals surface area contributed by atoms with Crippen LogP contribution < -0.4 is 21.5 Å². The molecule has 1 aromatic rings. The van der Waals surface area contributed by atoms with E-state index in [0.29, 0.717) is 44.2 Å². The zero-order valence-corrected chi connectivity index (χ0v) is 42.7. The van der Waals surface area contributed by atoms with Gasteiger partial charge in [-0.15, -0.1) is 0 Å². The number of unbranched alkanes of at least 4 members (excludes halogenated alkanes) is 23. The molecule has 0 unspecified atom stereocenters. The minimum Gasteiger partial charge on any atom is -0.465 e. The average Bonchev–Trinajstić information content (AvgIpc) is 3.30. The lowest BCUT2D eigenvalue weighted by atomic mass is 9.94. The summed E-state index contributed by atoms with van der Waals surface area (Å²) >= 11 is 0. The first-order chi connectivity index (χ1) is 31.7. The van der Waals surface area contributed by atoms with Gasteiger partial charge in [0.2, 0.25) is 0 Å². The molecule has 65 heavy (non-hydrogen) atoms. The Labute approximate surface area is 397 Å². The van der Waals surface area contributed by atoms with E-state index in [-0.39, 0.29) is 11.9 Å². The van der Waals surface area contributed by atoms with Crippen LogP contribution in [-0.2, 0) is 28.6 Å². The molecule has 0 radical (unpaired) electrons. The molecule has 0 aliphatic rings. The quantitative estimate of drug-likeness (QED) is 0.0212. The van der Waals surface area contributed by atoms with Crippen molar-refractivity contribution < 1.29 is 28.6 Å². The summed E-state index contributed by atoms with van der Waals surface area (Å²) in [6.45, 7) is 13.4. The topological polar surface area (TPSA) is 140 Å². The van der Waals surface area contributed by atoms with E-state index >= 15 is 0 Å². The molecule has 2 N–H and O–H groups in total. The molecular weight excluding hydrogens is 819 g/mol. The number of esters is 3. The summed E-state index contributed by atoms with van der Waals surface area (Å²) in [6.07, 6.45) is 35.1. The van der Waals surface area contributed by atoms with E-state index in [4.69, 9.17) is 14.2 Å². The molecule has 0 saturated carbocycles. The number of carbonyl (C=O) groups excluding carboxylic acids is 3. The Balaban J connectivity index is 2.59. The minimum atomic E-state index is -0.860. The first kappa shape index (κ1) is 60.1. The maximum atomic E-state index is 13.2. The highest BCUT2D eigenvalue weighted by atomic mass is 16.6. The Morgan fingerprint density at radius 1 is 0.431 bits per heavy atom. The van der Waals surface area contributed by atoms with E-state index in [1.807, 2.05) is 0 Å². The van der Waals surface area contributed by atoms with E-state index < -0.39 is 28.7 Å². The average molecular weight is 918 g/mol. The van der Waals surface area contributed by atoms with Gasteiger partial charge in [0.05, 0.1) is 25.7 Å². The van der Waals surface area contributed by atoms with Crippen LogP contribution in [0.15, 0.2) is 9.59 Å². The lowest BCUT2D eigenvalue weighted by molar-refractivity contribution is -0.162. The molecule has 0 aliphatic heterocycles. The van der Waals surface area contributed by atoms with Gasteiger partial charge in [-0.2, -0.15) is 0 Å². The van der Waals surface area contributed by atoms with Gasteiger partial charge in [-0.25, -0.2) is 0 Å². The predicted molar refractivity (Wildman–Crippen MR) is 271 cm³/mol. The Kier molecular flexibility index (Phi) is 39.2. The van der Waals surface area contributed by atoms with E-state index in [0.717, 1.165) is 161 Å². The smallest absolute Gasteiger partial charge is 0.320 e. The monoisotopic (exact) mass is 918 g/mol. The fourth-order valence-corrected chi connectivity index (χ4v) is 8.60. The SMILES string of the molecule is CCCCCCCCC(CCCCCCCC)C(=O)OCCCCCCCN(CCCCCCC(C(=O)OCCCCCC)C(=O)OCCCCCC)CCCNc1c(NC)c(=O)c1=O. The van der Waals surface area contributed by atoms with Crippen LogP contribution in [0.4, 0.5) is 11.4 Å². The van der Waals surface area contributed by atoms with Gasteiger partial charge in [-0.1, -0.05) is 182 Å². The van der Waals surface area contributed by atoms with Gasteiger partial charge in [0.15, 0.2) is 5.92 Å². The fourth-order valence-electron chi connectivity index (χ4n) is 8.60. The molecule has 0 fully saturated rings. The summed E-state index contributed by atoms with van der Waals surface area (Å²) in [4.78, 5) is 65.5. The van der Waals surface area contributed by atoms with Gasteiger partial charge in [0, 0.05) is 13.6 Å². The molecule has 0 aliphatic carbocycles. The van der Waals surface area contributed by atoms with Crippen molar-refractivity contribution in [1.82, 2.24) is 4.90 Å². The van der Waals surface area contributed by atoms with E-state index in [9.17, 15) is 24.0 Å². The van der Waals surface area contributed by atoms with Gasteiger partial charge < -0.3 is 29.7 Å². The van der Waals surface area contributed by atoms with Crippen LogP contribution in [0.1, 0.15) is 240 Å². The molecule has 1 aromatic carbocycles. The lowest BCUT2D eigenvalue weighted by Crippen LogP contribution is -2.37. The summed E-state index contributed by atoms with van der Waals surface area (Å²) < 4.78 is 17.0. The largest absolute Gasteiger partial charge is 0.465 e. The number of nitrogens with zero attached hydrogens (tertiary/aromatic N) is 1. The minimum absolute atomic E-state index is 0.0233. The van der Waals surface area contributed by atoms with Crippen LogP contribution in [0.2, 0.25) is 0 Å². The summed E-state index contributed by atoms with van der Waals surface area (Å²) in [5, 5.41) is 6.00. The number of anilines is 2. The molecule has 0 saturated heterocycles. The van der Waals surface area contributed by atoms with Crippen molar-refractivity contribution in [1.29, 1.82) is 0 Å². The van der Waals surface area contributed by atoms with Crippen LogP contribution in [0.5, 0.6) is 0 Å². The van der Waals surface area contributed by atoms with Crippen molar-refractivity contribution in [2.45, 2.75) is 240 Å². The summed E-state index contributed by atoms with van der Waals surface area (Å²) in [7, 11) is 1.66.